The van der Waals surface area contributed by atoms with Crippen LogP contribution in [0.5, 0.6) is 0 Å². The van der Waals surface area contributed by atoms with Crippen LogP contribution in [0, 0.1) is 0 Å². The lowest BCUT2D eigenvalue weighted by Crippen LogP contribution is -2.35. The fourth-order valence-corrected chi connectivity index (χ4v) is 2.34. The van der Waals surface area contributed by atoms with Gasteiger partial charge in [0.1, 0.15) is 0 Å². The number of oxime groups is 1. The second kappa shape index (κ2) is 5.13. The predicted molar refractivity (Wildman–Crippen MR) is 62.4 cm³/mol. The van der Waals surface area contributed by atoms with Crippen LogP contribution in [-0.2, 0) is 0 Å². The molecule has 0 aliphatic rings. The molecule has 1 aromatic rings. The molecule has 3 N–H and O–H groups in total. The standard InChI is InChI=1S/C8H10BrN3O2S/c1-12(4-7(10)11-14)8(13)5-2-3-6(9)15-5/h2-3,14H,4H2,1H3,(H2,10,11). The third kappa shape index (κ3) is 3.21. The molecule has 1 aromatic heterocycles. The third-order valence-corrected chi connectivity index (χ3v) is 3.27. The summed E-state index contributed by atoms with van der Waals surface area (Å²) < 4.78 is 0.892. The van der Waals surface area contributed by atoms with Crippen molar-refractivity contribution in [3.8, 4) is 0 Å². The average molecular weight is 292 g/mol. The molecule has 0 fully saturated rings. The van der Waals surface area contributed by atoms with Gasteiger partial charge in [-0.1, -0.05) is 5.16 Å². The number of nitrogens with two attached hydrogens (primary N) is 1. The number of carbonyl (C=O) groups excluding carboxylic acids is 1. The van der Waals surface area contributed by atoms with E-state index in [2.05, 4.69) is 21.1 Å². The number of nitrogens with zero attached hydrogens (tertiary/aromatic N) is 2. The summed E-state index contributed by atoms with van der Waals surface area (Å²) in [6, 6.07) is 3.52. The summed E-state index contributed by atoms with van der Waals surface area (Å²) in [5, 5.41) is 11.2. The van der Waals surface area contributed by atoms with Crippen LogP contribution < -0.4 is 5.73 Å². The van der Waals surface area contributed by atoms with Gasteiger partial charge in [-0.25, -0.2) is 0 Å². The van der Waals surface area contributed by atoms with Gasteiger partial charge < -0.3 is 15.8 Å². The molecule has 0 aliphatic heterocycles. The molecule has 5 nitrogen and oxygen atoms in total. The van der Waals surface area contributed by atoms with E-state index in [1.807, 2.05) is 0 Å². The van der Waals surface area contributed by atoms with Crippen LogP contribution in [-0.4, -0.2) is 35.4 Å². The van der Waals surface area contributed by atoms with Crippen molar-refractivity contribution in [2.45, 2.75) is 0 Å². The molecule has 1 rings (SSSR count). The molecule has 0 radical (unpaired) electrons. The first-order valence-electron chi connectivity index (χ1n) is 4.01. The van der Waals surface area contributed by atoms with Crippen LogP contribution in [0.1, 0.15) is 9.67 Å². The summed E-state index contributed by atoms with van der Waals surface area (Å²) in [5.41, 5.74) is 5.30. The SMILES string of the molecule is CN(CC(N)=NO)C(=O)c1ccc(Br)s1. The zero-order valence-electron chi connectivity index (χ0n) is 7.98. The van der Waals surface area contributed by atoms with Crippen LogP contribution in [0.2, 0.25) is 0 Å². The Bertz CT molecular complexity index is 391. The van der Waals surface area contributed by atoms with Gasteiger partial charge >= 0.3 is 0 Å². The number of likely N-dealkylation sites (N-methyl/N-ethyl adjacent to an activating group) is 1. The van der Waals surface area contributed by atoms with Gasteiger partial charge in [0, 0.05) is 7.05 Å². The number of thiophene rings is 1. The lowest BCUT2D eigenvalue weighted by atomic mass is 10.4. The predicted octanol–water partition coefficient (Wildman–Crippen LogP) is 1.33. The van der Waals surface area contributed by atoms with Crippen molar-refractivity contribution in [1.82, 2.24) is 4.90 Å². The van der Waals surface area contributed by atoms with Crippen molar-refractivity contribution in [1.29, 1.82) is 0 Å². The Hall–Kier alpha value is -1.08. The van der Waals surface area contributed by atoms with Crippen molar-refractivity contribution in [2.24, 2.45) is 10.9 Å². The normalized spacial score (nSPS) is 11.5. The van der Waals surface area contributed by atoms with E-state index < -0.39 is 0 Å². The van der Waals surface area contributed by atoms with Crippen molar-refractivity contribution in [3.63, 3.8) is 0 Å². The lowest BCUT2D eigenvalue weighted by Gasteiger charge is -2.14. The van der Waals surface area contributed by atoms with Crippen molar-refractivity contribution >= 4 is 39.0 Å². The summed E-state index contributed by atoms with van der Waals surface area (Å²) in [6.45, 7) is 0.102. The topological polar surface area (TPSA) is 78.9 Å². The Kier molecular flexibility index (Phi) is 4.10. The maximum Gasteiger partial charge on any atom is 0.264 e. The molecule has 1 heterocycles. The smallest absolute Gasteiger partial charge is 0.264 e. The van der Waals surface area contributed by atoms with Gasteiger partial charge in [-0.2, -0.15) is 0 Å². The van der Waals surface area contributed by atoms with Gasteiger partial charge in [-0.05, 0) is 28.1 Å². The molecule has 0 saturated heterocycles. The molecular formula is C8H10BrN3O2S. The number of carbonyl (C=O) groups is 1. The minimum absolute atomic E-state index is 0.00136. The van der Waals surface area contributed by atoms with E-state index in [0.717, 1.165) is 3.79 Å². The van der Waals surface area contributed by atoms with Gasteiger partial charge in [0.2, 0.25) is 0 Å². The van der Waals surface area contributed by atoms with Crippen molar-refractivity contribution in [3.05, 3.63) is 20.8 Å². The summed E-state index contributed by atoms with van der Waals surface area (Å²) in [4.78, 5) is 13.7. The molecule has 82 valence electrons. The van der Waals surface area contributed by atoms with E-state index in [1.54, 1.807) is 19.2 Å². The molecule has 0 saturated carbocycles. The Morgan fingerprint density at radius 2 is 2.40 bits per heavy atom. The Morgan fingerprint density at radius 1 is 1.73 bits per heavy atom. The van der Waals surface area contributed by atoms with Gasteiger partial charge in [-0.15, -0.1) is 11.3 Å². The second-order valence-electron chi connectivity index (χ2n) is 2.86. The molecular weight excluding hydrogens is 282 g/mol. The molecule has 7 heteroatoms. The molecule has 0 aliphatic carbocycles. The van der Waals surface area contributed by atoms with E-state index in [-0.39, 0.29) is 18.3 Å². The zero-order chi connectivity index (χ0) is 11.4. The molecule has 0 atom stereocenters. The first-order valence-corrected chi connectivity index (χ1v) is 5.62. The summed E-state index contributed by atoms with van der Waals surface area (Å²) in [5.74, 6) is -0.154. The fraction of sp³-hybridized carbons (Fsp3) is 0.250. The minimum atomic E-state index is -0.155. The molecule has 1 amide bonds. The number of halogens is 1. The number of rotatable bonds is 3. The number of amides is 1. The lowest BCUT2D eigenvalue weighted by molar-refractivity contribution is 0.0818. The van der Waals surface area contributed by atoms with E-state index in [9.17, 15) is 4.79 Å². The minimum Gasteiger partial charge on any atom is -0.409 e. The van der Waals surface area contributed by atoms with Gasteiger partial charge in [0.25, 0.3) is 5.91 Å². The molecule has 0 aromatic carbocycles. The quantitative estimate of drug-likeness (QED) is 0.382. The number of hydrogen-bond donors (Lipinski definition) is 2. The average Bonchev–Trinajstić information content (AvgIpc) is 2.63. The van der Waals surface area contributed by atoms with E-state index in [4.69, 9.17) is 10.9 Å². The maximum absolute atomic E-state index is 11.7. The van der Waals surface area contributed by atoms with Gasteiger partial charge in [0.15, 0.2) is 5.84 Å². The Balaban J connectivity index is 2.69. The van der Waals surface area contributed by atoms with Crippen LogP contribution >= 0.6 is 27.3 Å². The van der Waals surface area contributed by atoms with E-state index in [0.29, 0.717) is 4.88 Å². The number of hydrogen-bond acceptors (Lipinski definition) is 4. The van der Waals surface area contributed by atoms with E-state index in [1.165, 1.54) is 16.2 Å². The van der Waals surface area contributed by atoms with Crippen molar-refractivity contribution < 1.29 is 10.0 Å². The van der Waals surface area contributed by atoms with Gasteiger partial charge in [0.05, 0.1) is 15.2 Å². The van der Waals surface area contributed by atoms with Crippen LogP contribution in [0.3, 0.4) is 0 Å². The highest BCUT2D eigenvalue weighted by molar-refractivity contribution is 9.11. The van der Waals surface area contributed by atoms with Crippen LogP contribution in [0.25, 0.3) is 0 Å². The van der Waals surface area contributed by atoms with Gasteiger partial charge in [-0.3, -0.25) is 4.79 Å². The highest BCUT2D eigenvalue weighted by atomic mass is 79.9. The largest absolute Gasteiger partial charge is 0.409 e. The first-order chi connectivity index (χ1) is 7.04. The first kappa shape index (κ1) is 12.0. The number of amidine groups is 1. The Labute approximate surface area is 99.3 Å². The van der Waals surface area contributed by atoms with Crippen molar-refractivity contribution in [2.75, 3.05) is 13.6 Å². The Morgan fingerprint density at radius 3 is 2.87 bits per heavy atom. The maximum atomic E-state index is 11.7. The molecule has 0 bridgehead atoms. The summed E-state index contributed by atoms with van der Waals surface area (Å²) in [6.07, 6.45) is 0. The van der Waals surface area contributed by atoms with Crippen LogP contribution in [0.4, 0.5) is 0 Å². The molecule has 15 heavy (non-hydrogen) atoms. The second-order valence-corrected chi connectivity index (χ2v) is 5.32. The fourth-order valence-electron chi connectivity index (χ4n) is 0.964. The zero-order valence-corrected chi connectivity index (χ0v) is 10.4. The monoisotopic (exact) mass is 291 g/mol. The highest BCUT2D eigenvalue weighted by Gasteiger charge is 2.14. The van der Waals surface area contributed by atoms with Crippen LogP contribution in [0.15, 0.2) is 21.1 Å². The molecule has 0 unspecified atom stereocenters. The summed E-state index contributed by atoms with van der Waals surface area (Å²) in [7, 11) is 1.59. The summed E-state index contributed by atoms with van der Waals surface area (Å²) >= 11 is 4.61. The molecule has 0 spiro atoms. The third-order valence-electron chi connectivity index (χ3n) is 1.66. The van der Waals surface area contributed by atoms with E-state index >= 15 is 0 Å². The highest BCUT2D eigenvalue weighted by Crippen LogP contribution is 2.22.